The van der Waals surface area contributed by atoms with Gasteiger partial charge in [0.1, 0.15) is 5.82 Å². The molecule has 0 atom stereocenters. The Kier molecular flexibility index (Phi) is 4.10. The van der Waals surface area contributed by atoms with Gasteiger partial charge in [-0.3, -0.25) is 10.6 Å². The van der Waals surface area contributed by atoms with Gasteiger partial charge in [-0.1, -0.05) is 42.5 Å². The standard InChI is InChI=1S/C19H14N4OS/c24-18(22-17-7-3-4-10-20-17)23-19-21-16(12-25-19)15-9-8-13-5-1-2-6-14(13)11-15/h1-12H,(H2,20,21,22,23,24). The minimum Gasteiger partial charge on any atom is -0.292 e. The van der Waals surface area contributed by atoms with E-state index in [2.05, 4.69) is 44.9 Å². The first-order chi connectivity index (χ1) is 12.3. The van der Waals surface area contributed by atoms with Crippen LogP contribution in [0.1, 0.15) is 0 Å². The summed E-state index contributed by atoms with van der Waals surface area (Å²) in [7, 11) is 0. The molecule has 0 saturated heterocycles. The van der Waals surface area contributed by atoms with Crippen molar-refractivity contribution in [1.29, 1.82) is 0 Å². The van der Waals surface area contributed by atoms with Gasteiger partial charge >= 0.3 is 6.03 Å². The smallest absolute Gasteiger partial charge is 0.292 e. The Morgan fingerprint density at radius 3 is 2.60 bits per heavy atom. The van der Waals surface area contributed by atoms with Gasteiger partial charge in [-0.15, -0.1) is 11.3 Å². The number of nitrogens with one attached hydrogen (secondary N) is 2. The van der Waals surface area contributed by atoms with E-state index in [0.717, 1.165) is 16.6 Å². The number of rotatable bonds is 3. The largest absolute Gasteiger partial charge is 0.326 e. The quantitative estimate of drug-likeness (QED) is 0.548. The maximum atomic E-state index is 12.0. The van der Waals surface area contributed by atoms with Gasteiger partial charge in [-0.25, -0.2) is 14.8 Å². The summed E-state index contributed by atoms with van der Waals surface area (Å²) >= 11 is 1.39. The van der Waals surface area contributed by atoms with Gasteiger partial charge in [0.2, 0.25) is 0 Å². The molecule has 2 aromatic carbocycles. The summed E-state index contributed by atoms with van der Waals surface area (Å²) in [5, 5.41) is 10.2. The highest BCUT2D eigenvalue weighted by atomic mass is 32.1. The van der Waals surface area contributed by atoms with Crippen LogP contribution in [-0.4, -0.2) is 16.0 Å². The third-order valence-corrected chi connectivity index (χ3v) is 4.43. The monoisotopic (exact) mass is 346 g/mol. The average molecular weight is 346 g/mol. The first-order valence-corrected chi connectivity index (χ1v) is 8.60. The van der Waals surface area contributed by atoms with Crippen molar-refractivity contribution >= 4 is 39.1 Å². The van der Waals surface area contributed by atoms with E-state index in [4.69, 9.17) is 0 Å². The van der Waals surface area contributed by atoms with Crippen LogP contribution in [0.3, 0.4) is 0 Å². The van der Waals surface area contributed by atoms with Gasteiger partial charge in [-0.2, -0.15) is 0 Å². The second-order valence-corrected chi connectivity index (χ2v) is 6.25. The van der Waals surface area contributed by atoms with Gasteiger partial charge in [0.15, 0.2) is 5.13 Å². The summed E-state index contributed by atoms with van der Waals surface area (Å²) < 4.78 is 0. The Hall–Kier alpha value is -3.25. The van der Waals surface area contributed by atoms with Gasteiger partial charge in [0, 0.05) is 17.1 Å². The number of carbonyl (C=O) groups is 1. The number of hydrogen-bond donors (Lipinski definition) is 2. The Morgan fingerprint density at radius 2 is 1.76 bits per heavy atom. The van der Waals surface area contributed by atoms with Crippen molar-refractivity contribution in [2.24, 2.45) is 0 Å². The summed E-state index contributed by atoms with van der Waals surface area (Å²) in [5.74, 6) is 0.492. The lowest BCUT2D eigenvalue weighted by Crippen LogP contribution is -2.19. The maximum absolute atomic E-state index is 12.0. The maximum Gasteiger partial charge on any atom is 0.326 e. The molecule has 0 radical (unpaired) electrons. The van der Waals surface area contributed by atoms with E-state index in [1.807, 2.05) is 29.6 Å². The van der Waals surface area contributed by atoms with E-state index < -0.39 is 0 Å². The lowest BCUT2D eigenvalue weighted by atomic mass is 10.1. The van der Waals surface area contributed by atoms with E-state index in [-0.39, 0.29) is 6.03 Å². The Balaban J connectivity index is 1.50. The fourth-order valence-corrected chi connectivity index (χ4v) is 3.21. The number of hydrogen-bond acceptors (Lipinski definition) is 4. The van der Waals surface area contributed by atoms with Crippen LogP contribution >= 0.6 is 11.3 Å². The minimum absolute atomic E-state index is 0.363. The molecule has 2 amide bonds. The van der Waals surface area contributed by atoms with Gasteiger partial charge < -0.3 is 0 Å². The first kappa shape index (κ1) is 15.3. The minimum atomic E-state index is -0.363. The summed E-state index contributed by atoms with van der Waals surface area (Å²) in [4.78, 5) is 20.6. The van der Waals surface area contributed by atoms with E-state index in [1.165, 1.54) is 16.7 Å². The molecule has 4 aromatic rings. The number of carbonyl (C=O) groups excluding carboxylic acids is 1. The molecule has 2 aromatic heterocycles. The van der Waals surface area contributed by atoms with Crippen LogP contribution in [0.15, 0.2) is 72.2 Å². The molecule has 0 unspecified atom stereocenters. The van der Waals surface area contributed by atoms with E-state index in [9.17, 15) is 4.79 Å². The highest BCUT2D eigenvalue weighted by Gasteiger charge is 2.09. The number of aromatic nitrogens is 2. The molecule has 5 nitrogen and oxygen atoms in total. The lowest BCUT2D eigenvalue weighted by molar-refractivity contribution is 0.262. The number of urea groups is 1. The highest BCUT2D eigenvalue weighted by molar-refractivity contribution is 7.14. The molecule has 122 valence electrons. The van der Waals surface area contributed by atoms with E-state index in [0.29, 0.717) is 10.9 Å². The second kappa shape index (κ2) is 6.70. The van der Waals surface area contributed by atoms with Crippen LogP contribution < -0.4 is 10.6 Å². The van der Waals surface area contributed by atoms with Crippen LogP contribution in [0.25, 0.3) is 22.0 Å². The molecular formula is C19H14N4OS. The number of benzene rings is 2. The fraction of sp³-hybridized carbons (Fsp3) is 0. The highest BCUT2D eigenvalue weighted by Crippen LogP contribution is 2.27. The zero-order valence-electron chi connectivity index (χ0n) is 13.1. The Morgan fingerprint density at radius 1 is 0.920 bits per heavy atom. The van der Waals surface area contributed by atoms with Crippen molar-refractivity contribution in [2.75, 3.05) is 10.6 Å². The SMILES string of the molecule is O=C(Nc1ccccn1)Nc1nc(-c2ccc3ccccc3c2)cs1. The molecule has 0 aliphatic rings. The molecule has 0 aliphatic heterocycles. The average Bonchev–Trinajstić information content (AvgIpc) is 3.10. The summed E-state index contributed by atoms with van der Waals surface area (Å²) in [6, 6.07) is 19.4. The number of anilines is 2. The molecule has 6 heteroatoms. The summed E-state index contributed by atoms with van der Waals surface area (Å²) in [6.45, 7) is 0. The molecule has 0 fully saturated rings. The summed E-state index contributed by atoms with van der Waals surface area (Å²) in [6.07, 6.45) is 1.62. The predicted octanol–water partition coefficient (Wildman–Crippen LogP) is 5.00. The molecule has 4 rings (SSSR count). The molecule has 0 aliphatic carbocycles. The fourth-order valence-electron chi connectivity index (χ4n) is 2.49. The molecule has 0 saturated carbocycles. The third kappa shape index (κ3) is 3.49. The number of amides is 2. The van der Waals surface area contributed by atoms with Crippen molar-refractivity contribution in [3.05, 3.63) is 72.2 Å². The van der Waals surface area contributed by atoms with E-state index in [1.54, 1.807) is 18.3 Å². The lowest BCUT2D eigenvalue weighted by Gasteiger charge is -2.04. The number of pyridine rings is 1. The number of fused-ring (bicyclic) bond motifs is 1. The van der Waals surface area contributed by atoms with Gasteiger partial charge in [-0.05, 0) is 29.0 Å². The van der Waals surface area contributed by atoms with Gasteiger partial charge in [0.05, 0.1) is 5.69 Å². The molecular weight excluding hydrogens is 332 g/mol. The number of nitrogens with zero attached hydrogens (tertiary/aromatic N) is 2. The van der Waals surface area contributed by atoms with Gasteiger partial charge in [0.25, 0.3) is 0 Å². The molecule has 2 N–H and O–H groups in total. The molecule has 2 heterocycles. The van der Waals surface area contributed by atoms with Crippen LogP contribution in [0.2, 0.25) is 0 Å². The number of thiazole rings is 1. The van der Waals surface area contributed by atoms with Crippen LogP contribution in [-0.2, 0) is 0 Å². The molecule has 25 heavy (non-hydrogen) atoms. The first-order valence-electron chi connectivity index (χ1n) is 7.72. The van der Waals surface area contributed by atoms with Crippen molar-refractivity contribution in [2.45, 2.75) is 0 Å². The zero-order valence-corrected chi connectivity index (χ0v) is 14.0. The third-order valence-electron chi connectivity index (χ3n) is 3.68. The van der Waals surface area contributed by atoms with Crippen molar-refractivity contribution in [3.8, 4) is 11.3 Å². The second-order valence-electron chi connectivity index (χ2n) is 5.39. The Bertz CT molecular complexity index is 1030. The van der Waals surface area contributed by atoms with Crippen molar-refractivity contribution in [3.63, 3.8) is 0 Å². The van der Waals surface area contributed by atoms with Crippen LogP contribution in [0.4, 0.5) is 15.7 Å². The normalized spacial score (nSPS) is 10.6. The zero-order chi connectivity index (χ0) is 17.1. The van der Waals surface area contributed by atoms with E-state index >= 15 is 0 Å². The van der Waals surface area contributed by atoms with Crippen molar-refractivity contribution in [1.82, 2.24) is 9.97 Å². The molecule has 0 spiro atoms. The topological polar surface area (TPSA) is 66.9 Å². The Labute approximate surface area is 148 Å². The van der Waals surface area contributed by atoms with Crippen molar-refractivity contribution < 1.29 is 4.79 Å². The molecule has 0 bridgehead atoms. The summed E-state index contributed by atoms with van der Waals surface area (Å²) in [5.41, 5.74) is 1.86. The predicted molar refractivity (Wildman–Crippen MR) is 102 cm³/mol. The van der Waals surface area contributed by atoms with Crippen LogP contribution in [0.5, 0.6) is 0 Å². The van der Waals surface area contributed by atoms with Crippen LogP contribution in [0, 0.1) is 0 Å².